The summed E-state index contributed by atoms with van der Waals surface area (Å²) in [6.07, 6.45) is 0.714. The van der Waals surface area contributed by atoms with Crippen molar-refractivity contribution in [1.29, 1.82) is 0 Å². The van der Waals surface area contributed by atoms with E-state index < -0.39 is 6.10 Å². The van der Waals surface area contributed by atoms with E-state index in [0.29, 0.717) is 10.8 Å². The van der Waals surface area contributed by atoms with Crippen LogP contribution in [-0.2, 0) is 11.3 Å². The number of aliphatic hydroxyl groups excluding tert-OH is 1. The highest BCUT2D eigenvalue weighted by Crippen LogP contribution is 2.15. The number of amides is 1. The minimum absolute atomic E-state index is 0.0319. The quantitative estimate of drug-likeness (QED) is 0.792. The first-order chi connectivity index (χ1) is 11.0. The molecule has 2 rings (SSSR count). The molecule has 1 aromatic heterocycles. The molecule has 0 saturated carbocycles. The molecule has 122 valence electrons. The van der Waals surface area contributed by atoms with Gasteiger partial charge in [0.2, 0.25) is 0 Å². The van der Waals surface area contributed by atoms with E-state index in [1.165, 1.54) is 10.6 Å². The second-order valence-electron chi connectivity index (χ2n) is 4.89. The highest BCUT2D eigenvalue weighted by atomic mass is 35.5. The van der Waals surface area contributed by atoms with Crippen LogP contribution >= 0.6 is 11.6 Å². The SMILES string of the molecule is O=C(COc1ccc(Cl)cc1)NC[C@H](O)Cn1ccccc1=O. The van der Waals surface area contributed by atoms with Crippen molar-refractivity contribution in [2.45, 2.75) is 12.6 Å². The Morgan fingerprint density at radius 2 is 2.00 bits per heavy atom. The van der Waals surface area contributed by atoms with Gasteiger partial charge in [0.15, 0.2) is 6.61 Å². The van der Waals surface area contributed by atoms with Gasteiger partial charge in [-0.2, -0.15) is 0 Å². The van der Waals surface area contributed by atoms with Crippen molar-refractivity contribution >= 4 is 17.5 Å². The van der Waals surface area contributed by atoms with Crippen LogP contribution in [0.5, 0.6) is 5.75 Å². The van der Waals surface area contributed by atoms with Gasteiger partial charge in [-0.15, -0.1) is 0 Å². The summed E-state index contributed by atoms with van der Waals surface area (Å²) in [7, 11) is 0. The second kappa shape index (κ2) is 8.36. The van der Waals surface area contributed by atoms with Gasteiger partial charge in [-0.05, 0) is 30.3 Å². The minimum atomic E-state index is -0.866. The van der Waals surface area contributed by atoms with Gasteiger partial charge in [0.05, 0.1) is 12.6 Å². The van der Waals surface area contributed by atoms with Gasteiger partial charge in [0.25, 0.3) is 11.5 Å². The molecule has 0 saturated heterocycles. The number of aliphatic hydroxyl groups is 1. The predicted molar refractivity (Wildman–Crippen MR) is 86.7 cm³/mol. The van der Waals surface area contributed by atoms with Gasteiger partial charge in [-0.3, -0.25) is 9.59 Å². The lowest BCUT2D eigenvalue weighted by Gasteiger charge is -2.13. The van der Waals surface area contributed by atoms with E-state index in [1.54, 1.807) is 42.6 Å². The Morgan fingerprint density at radius 3 is 2.70 bits per heavy atom. The van der Waals surface area contributed by atoms with E-state index in [2.05, 4.69) is 5.32 Å². The number of benzene rings is 1. The molecule has 0 radical (unpaired) electrons. The molecular weight excluding hydrogens is 320 g/mol. The zero-order valence-corrected chi connectivity index (χ0v) is 13.1. The Bertz CT molecular complexity index is 700. The average molecular weight is 337 g/mol. The van der Waals surface area contributed by atoms with Crippen molar-refractivity contribution < 1.29 is 14.6 Å². The molecule has 1 amide bonds. The Balaban J connectivity index is 1.72. The fourth-order valence-electron chi connectivity index (χ4n) is 1.87. The molecule has 0 aliphatic heterocycles. The number of carbonyl (C=O) groups is 1. The van der Waals surface area contributed by atoms with E-state index in [9.17, 15) is 14.7 Å². The average Bonchev–Trinajstić information content (AvgIpc) is 2.54. The van der Waals surface area contributed by atoms with Crippen molar-refractivity contribution in [3.63, 3.8) is 0 Å². The van der Waals surface area contributed by atoms with E-state index in [1.807, 2.05) is 0 Å². The van der Waals surface area contributed by atoms with Crippen molar-refractivity contribution in [2.24, 2.45) is 0 Å². The van der Waals surface area contributed by atoms with Gasteiger partial charge in [0.1, 0.15) is 5.75 Å². The maximum absolute atomic E-state index is 11.7. The molecule has 1 aromatic carbocycles. The first kappa shape index (κ1) is 17.1. The molecule has 0 fully saturated rings. The third-order valence-electron chi connectivity index (χ3n) is 3.02. The topological polar surface area (TPSA) is 80.6 Å². The zero-order valence-electron chi connectivity index (χ0n) is 12.3. The third kappa shape index (κ3) is 5.77. The standard InChI is InChI=1S/C16H17ClN2O4/c17-12-4-6-14(7-5-12)23-11-15(21)18-9-13(20)10-19-8-2-1-3-16(19)22/h1-8,13,20H,9-11H2,(H,18,21)/t13-/m0/s1. The Hall–Kier alpha value is -2.31. The molecule has 23 heavy (non-hydrogen) atoms. The number of aromatic nitrogens is 1. The van der Waals surface area contributed by atoms with E-state index in [4.69, 9.17) is 16.3 Å². The predicted octanol–water partition coefficient (Wildman–Crippen LogP) is 1.06. The van der Waals surface area contributed by atoms with Crippen LogP contribution in [0.1, 0.15) is 0 Å². The smallest absolute Gasteiger partial charge is 0.258 e. The molecule has 7 heteroatoms. The first-order valence-electron chi connectivity index (χ1n) is 7.03. The van der Waals surface area contributed by atoms with Gasteiger partial charge in [0, 0.05) is 23.8 Å². The molecule has 2 N–H and O–H groups in total. The van der Waals surface area contributed by atoms with E-state index in [-0.39, 0.29) is 31.2 Å². The van der Waals surface area contributed by atoms with Crippen molar-refractivity contribution in [3.8, 4) is 5.75 Å². The largest absolute Gasteiger partial charge is 0.484 e. The summed E-state index contributed by atoms with van der Waals surface area (Å²) in [5.74, 6) is 0.167. The Labute approximate surface area is 138 Å². The normalized spacial score (nSPS) is 11.7. The molecular formula is C16H17ClN2O4. The van der Waals surface area contributed by atoms with Gasteiger partial charge in [-0.1, -0.05) is 17.7 Å². The summed E-state index contributed by atoms with van der Waals surface area (Å²) in [4.78, 5) is 23.2. The number of nitrogens with zero attached hydrogens (tertiary/aromatic N) is 1. The summed E-state index contributed by atoms with van der Waals surface area (Å²) in [6.45, 7) is -0.0260. The number of nitrogens with one attached hydrogen (secondary N) is 1. The summed E-state index contributed by atoms with van der Waals surface area (Å²) in [6, 6.07) is 11.4. The second-order valence-corrected chi connectivity index (χ2v) is 5.33. The summed E-state index contributed by atoms with van der Waals surface area (Å²) >= 11 is 5.75. The molecule has 0 unspecified atom stereocenters. The van der Waals surface area contributed by atoms with Crippen LogP contribution in [-0.4, -0.2) is 34.8 Å². The fraction of sp³-hybridized carbons (Fsp3) is 0.250. The fourth-order valence-corrected chi connectivity index (χ4v) is 1.99. The Morgan fingerprint density at radius 1 is 1.26 bits per heavy atom. The van der Waals surface area contributed by atoms with Crippen molar-refractivity contribution in [1.82, 2.24) is 9.88 Å². The highest BCUT2D eigenvalue weighted by Gasteiger charge is 2.09. The van der Waals surface area contributed by atoms with Crippen LogP contribution in [0.25, 0.3) is 0 Å². The van der Waals surface area contributed by atoms with Crippen LogP contribution in [0.15, 0.2) is 53.5 Å². The highest BCUT2D eigenvalue weighted by molar-refractivity contribution is 6.30. The number of hydrogen-bond donors (Lipinski definition) is 2. The minimum Gasteiger partial charge on any atom is -0.484 e. The number of carbonyl (C=O) groups excluding carboxylic acids is 1. The van der Waals surface area contributed by atoms with Crippen LogP contribution < -0.4 is 15.6 Å². The number of pyridine rings is 1. The zero-order chi connectivity index (χ0) is 16.7. The number of hydrogen-bond acceptors (Lipinski definition) is 4. The molecule has 0 bridgehead atoms. The van der Waals surface area contributed by atoms with E-state index in [0.717, 1.165) is 0 Å². The van der Waals surface area contributed by atoms with Crippen molar-refractivity contribution in [2.75, 3.05) is 13.2 Å². The monoisotopic (exact) mass is 336 g/mol. The van der Waals surface area contributed by atoms with Crippen LogP contribution in [0.3, 0.4) is 0 Å². The number of halogens is 1. The lowest BCUT2D eigenvalue weighted by atomic mass is 10.3. The molecule has 2 aromatic rings. The summed E-state index contributed by atoms with van der Waals surface area (Å²) in [5.41, 5.74) is -0.205. The van der Waals surface area contributed by atoms with Gasteiger partial charge >= 0.3 is 0 Å². The summed E-state index contributed by atoms with van der Waals surface area (Å²) in [5, 5.41) is 13.0. The lowest BCUT2D eigenvalue weighted by Crippen LogP contribution is -2.38. The lowest BCUT2D eigenvalue weighted by molar-refractivity contribution is -0.123. The molecule has 0 aliphatic rings. The molecule has 6 nitrogen and oxygen atoms in total. The van der Waals surface area contributed by atoms with Crippen molar-refractivity contribution in [3.05, 3.63) is 64.0 Å². The number of ether oxygens (including phenoxy) is 1. The maximum Gasteiger partial charge on any atom is 0.258 e. The molecule has 1 heterocycles. The van der Waals surface area contributed by atoms with Crippen LogP contribution in [0.2, 0.25) is 5.02 Å². The van der Waals surface area contributed by atoms with E-state index >= 15 is 0 Å². The van der Waals surface area contributed by atoms with Crippen LogP contribution in [0.4, 0.5) is 0 Å². The maximum atomic E-state index is 11.7. The summed E-state index contributed by atoms with van der Waals surface area (Å²) < 4.78 is 6.66. The molecule has 0 aliphatic carbocycles. The number of rotatable bonds is 7. The first-order valence-corrected chi connectivity index (χ1v) is 7.41. The van der Waals surface area contributed by atoms with Gasteiger partial charge in [-0.25, -0.2) is 0 Å². The Kier molecular flexibility index (Phi) is 6.19. The molecule has 0 spiro atoms. The van der Waals surface area contributed by atoms with Crippen LogP contribution in [0, 0.1) is 0 Å². The molecule has 1 atom stereocenters. The van der Waals surface area contributed by atoms with Gasteiger partial charge < -0.3 is 19.7 Å². The third-order valence-corrected chi connectivity index (χ3v) is 3.28.